The van der Waals surface area contributed by atoms with E-state index in [2.05, 4.69) is 72.1 Å². The molecule has 0 bridgehead atoms. The van der Waals surface area contributed by atoms with Crippen LogP contribution < -0.4 is 5.32 Å². The summed E-state index contributed by atoms with van der Waals surface area (Å²) in [4.78, 5) is 16.0. The number of pyridine rings is 1. The normalized spacial score (nSPS) is 17.6. The number of allylic oxidation sites excluding steroid dienone is 6. The number of rotatable bonds is 7. The Bertz CT molecular complexity index is 1410. The Morgan fingerprint density at radius 2 is 1.86 bits per heavy atom. The van der Waals surface area contributed by atoms with Crippen molar-refractivity contribution < 1.29 is 4.79 Å². The molecular formula is C33H34N2O. The molecule has 0 saturated heterocycles. The smallest absolute Gasteiger partial charge is 0.129 e. The highest BCUT2D eigenvalue weighted by atomic mass is 16.1. The zero-order chi connectivity index (χ0) is 24.9. The van der Waals surface area contributed by atoms with Crippen LogP contribution in [0.5, 0.6) is 0 Å². The standard InChI is InChI=1S/C33H34N2O/c1-23-7-5-11-32(35-23)33-31(10-3-4-20-34-33)29-19-17-27-16-18-28(21-30(27)22-29)26-14-12-25(13-15-26)9-6-8-24(2)36/h3-5,7,10-11,14,16-22,25,34H,6,8-9,12-13,15H2,1-2H3/t25-/m0/s1. The Kier molecular flexibility index (Phi) is 7.27. The van der Waals surface area contributed by atoms with Crippen molar-refractivity contribution in [1.82, 2.24) is 10.3 Å². The van der Waals surface area contributed by atoms with Crippen molar-refractivity contribution in [2.45, 2.75) is 52.4 Å². The molecule has 3 heteroatoms. The number of fused-ring (bicyclic) bond motifs is 1. The summed E-state index contributed by atoms with van der Waals surface area (Å²) in [6.07, 6.45) is 17.0. The number of nitrogens with one attached hydrogen (secondary N) is 1. The summed E-state index contributed by atoms with van der Waals surface area (Å²) in [6, 6.07) is 19.7. The van der Waals surface area contributed by atoms with Crippen molar-refractivity contribution in [2.75, 3.05) is 0 Å². The first-order chi connectivity index (χ1) is 17.6. The van der Waals surface area contributed by atoms with Crippen molar-refractivity contribution in [2.24, 2.45) is 5.92 Å². The average Bonchev–Trinajstić information content (AvgIpc) is 3.15. The zero-order valence-electron chi connectivity index (χ0n) is 21.3. The minimum Gasteiger partial charge on any atom is -0.359 e. The molecule has 1 aliphatic heterocycles. The fourth-order valence-electron chi connectivity index (χ4n) is 5.30. The second kappa shape index (κ2) is 10.9. The lowest BCUT2D eigenvalue weighted by Gasteiger charge is -2.22. The fourth-order valence-corrected chi connectivity index (χ4v) is 5.30. The van der Waals surface area contributed by atoms with Gasteiger partial charge in [-0.15, -0.1) is 0 Å². The van der Waals surface area contributed by atoms with Gasteiger partial charge in [0.05, 0.1) is 11.4 Å². The molecule has 3 aromatic rings. The lowest BCUT2D eigenvalue weighted by atomic mass is 9.83. The molecule has 1 aliphatic carbocycles. The van der Waals surface area contributed by atoms with Crippen LogP contribution in [0.4, 0.5) is 0 Å². The quantitative estimate of drug-likeness (QED) is 0.377. The summed E-state index contributed by atoms with van der Waals surface area (Å²) in [6.45, 7) is 3.72. The van der Waals surface area contributed by atoms with Gasteiger partial charge in [-0.1, -0.05) is 48.6 Å². The Morgan fingerprint density at radius 1 is 1.03 bits per heavy atom. The maximum atomic E-state index is 11.2. The van der Waals surface area contributed by atoms with Gasteiger partial charge in [0, 0.05) is 23.9 Å². The van der Waals surface area contributed by atoms with Crippen molar-refractivity contribution in [3.63, 3.8) is 0 Å². The van der Waals surface area contributed by atoms with E-state index in [4.69, 9.17) is 4.98 Å². The van der Waals surface area contributed by atoms with Gasteiger partial charge in [-0.2, -0.15) is 0 Å². The molecule has 1 atom stereocenters. The van der Waals surface area contributed by atoms with Crippen LogP contribution >= 0.6 is 0 Å². The Labute approximate surface area is 214 Å². The number of aromatic nitrogens is 1. The van der Waals surface area contributed by atoms with E-state index in [1.54, 1.807) is 6.92 Å². The SMILES string of the molecule is CC(=O)CCC[C@H]1CC=C(c2ccc3ccc(C4=C(c5cccc(C)n5)NC=CC=C4)cc3c2)CC1. The van der Waals surface area contributed by atoms with Crippen molar-refractivity contribution in [3.8, 4) is 0 Å². The van der Waals surface area contributed by atoms with Gasteiger partial charge in [0.15, 0.2) is 0 Å². The molecule has 2 aliphatic rings. The second-order valence-electron chi connectivity index (χ2n) is 10.1. The molecule has 5 rings (SSSR count). The maximum Gasteiger partial charge on any atom is 0.129 e. The van der Waals surface area contributed by atoms with E-state index >= 15 is 0 Å². The maximum absolute atomic E-state index is 11.2. The number of benzene rings is 2. The van der Waals surface area contributed by atoms with E-state index in [9.17, 15) is 4.79 Å². The summed E-state index contributed by atoms with van der Waals surface area (Å²) in [7, 11) is 0. The molecular weight excluding hydrogens is 440 g/mol. The molecule has 3 nitrogen and oxygen atoms in total. The number of nitrogens with zero attached hydrogens (tertiary/aromatic N) is 1. The van der Waals surface area contributed by atoms with Crippen molar-refractivity contribution in [1.29, 1.82) is 0 Å². The first-order valence-electron chi connectivity index (χ1n) is 13.1. The average molecular weight is 475 g/mol. The molecule has 0 spiro atoms. The minimum atomic E-state index is 0.307. The van der Waals surface area contributed by atoms with Crippen LogP contribution in [0.25, 0.3) is 27.6 Å². The van der Waals surface area contributed by atoms with Gasteiger partial charge in [-0.25, -0.2) is 0 Å². The Morgan fingerprint density at radius 3 is 2.64 bits per heavy atom. The highest BCUT2D eigenvalue weighted by molar-refractivity contribution is 5.98. The molecule has 2 heterocycles. The minimum absolute atomic E-state index is 0.307. The summed E-state index contributed by atoms with van der Waals surface area (Å²) in [5, 5.41) is 5.96. The number of Topliss-reactive ketones (excluding diaryl/α,β-unsaturated/α-hetero) is 1. The van der Waals surface area contributed by atoms with Crippen molar-refractivity contribution >= 4 is 33.4 Å². The first-order valence-corrected chi connectivity index (χ1v) is 13.1. The predicted molar refractivity (Wildman–Crippen MR) is 151 cm³/mol. The molecule has 0 saturated carbocycles. The summed E-state index contributed by atoms with van der Waals surface area (Å²) in [5.41, 5.74) is 8.06. The molecule has 0 radical (unpaired) electrons. The van der Waals surface area contributed by atoms with Gasteiger partial charge in [0.25, 0.3) is 0 Å². The lowest BCUT2D eigenvalue weighted by molar-refractivity contribution is -0.117. The number of carbonyl (C=O) groups excluding carboxylic acids is 1. The van der Waals surface area contributed by atoms with Crippen LogP contribution in [0.3, 0.4) is 0 Å². The monoisotopic (exact) mass is 474 g/mol. The highest BCUT2D eigenvalue weighted by Crippen LogP contribution is 2.35. The third-order valence-electron chi connectivity index (χ3n) is 7.29. The Balaban J connectivity index is 1.44. The molecule has 182 valence electrons. The number of hydrogen-bond donors (Lipinski definition) is 1. The summed E-state index contributed by atoms with van der Waals surface area (Å²) < 4.78 is 0. The van der Waals surface area contributed by atoms with Gasteiger partial charge in [0.2, 0.25) is 0 Å². The summed E-state index contributed by atoms with van der Waals surface area (Å²) in [5.74, 6) is 1.02. The largest absolute Gasteiger partial charge is 0.359 e. The van der Waals surface area contributed by atoms with Gasteiger partial charge in [-0.3, -0.25) is 4.98 Å². The molecule has 0 unspecified atom stereocenters. The lowest BCUT2D eigenvalue weighted by Crippen LogP contribution is -2.08. The fraction of sp³-hybridized carbons (Fsp3) is 0.273. The van der Waals surface area contributed by atoms with E-state index in [-0.39, 0.29) is 0 Å². The third kappa shape index (κ3) is 5.57. The van der Waals surface area contributed by atoms with Crippen LogP contribution in [0.15, 0.2) is 85.1 Å². The van der Waals surface area contributed by atoms with Crippen molar-refractivity contribution in [3.05, 3.63) is 108 Å². The van der Waals surface area contributed by atoms with Crippen LogP contribution in [0.2, 0.25) is 0 Å². The third-order valence-corrected chi connectivity index (χ3v) is 7.29. The highest BCUT2D eigenvalue weighted by Gasteiger charge is 2.17. The van der Waals surface area contributed by atoms with Crippen LogP contribution in [-0.2, 0) is 4.79 Å². The van der Waals surface area contributed by atoms with Crippen LogP contribution in [-0.4, -0.2) is 10.8 Å². The molecule has 2 aromatic carbocycles. The molecule has 1 aromatic heterocycles. The van der Waals surface area contributed by atoms with Crippen LogP contribution in [0.1, 0.15) is 68.0 Å². The number of hydrogen-bond acceptors (Lipinski definition) is 3. The second-order valence-corrected chi connectivity index (χ2v) is 10.1. The van der Waals surface area contributed by atoms with Gasteiger partial charge in [0.1, 0.15) is 5.78 Å². The first kappa shape index (κ1) is 24.0. The van der Waals surface area contributed by atoms with Crippen LogP contribution in [0, 0.1) is 12.8 Å². The van der Waals surface area contributed by atoms with E-state index in [0.29, 0.717) is 11.7 Å². The number of aryl methyl sites for hydroxylation is 1. The number of ketones is 1. The molecule has 36 heavy (non-hydrogen) atoms. The predicted octanol–water partition coefficient (Wildman–Crippen LogP) is 8.03. The van der Waals surface area contributed by atoms with Gasteiger partial charge < -0.3 is 10.1 Å². The summed E-state index contributed by atoms with van der Waals surface area (Å²) >= 11 is 0. The van der Waals surface area contributed by atoms with Gasteiger partial charge in [-0.05, 0) is 110 Å². The van der Waals surface area contributed by atoms with E-state index in [1.165, 1.54) is 33.9 Å². The topological polar surface area (TPSA) is 42.0 Å². The van der Waals surface area contributed by atoms with E-state index in [1.807, 2.05) is 25.3 Å². The van der Waals surface area contributed by atoms with E-state index < -0.39 is 0 Å². The molecule has 0 amide bonds. The Hall–Kier alpha value is -3.72. The zero-order valence-corrected chi connectivity index (χ0v) is 21.3. The molecule has 0 fully saturated rings. The van der Waals surface area contributed by atoms with Gasteiger partial charge >= 0.3 is 0 Å². The molecule has 1 N–H and O–H groups in total. The number of carbonyl (C=O) groups is 1. The van der Waals surface area contributed by atoms with E-state index in [0.717, 1.165) is 54.8 Å².